The Bertz CT molecular complexity index is 1010. The number of pyridine rings is 2. The molecule has 0 aromatic carbocycles. The Morgan fingerprint density at radius 1 is 1.04 bits per heavy atom. The van der Waals surface area contributed by atoms with Crippen LogP contribution in [0.3, 0.4) is 0 Å². The molecule has 4 aromatic heterocycles. The zero-order valence-corrected chi connectivity index (χ0v) is 14.2. The van der Waals surface area contributed by atoms with Crippen molar-refractivity contribution in [1.82, 2.24) is 24.6 Å². The van der Waals surface area contributed by atoms with Gasteiger partial charge in [0.05, 0.1) is 0 Å². The van der Waals surface area contributed by atoms with Crippen molar-refractivity contribution < 1.29 is 4.42 Å². The first-order chi connectivity index (χ1) is 11.5. The number of imidazole rings is 1. The van der Waals surface area contributed by atoms with Gasteiger partial charge in [-0.2, -0.15) is 0 Å². The second-order valence-electron chi connectivity index (χ2n) is 6.61. The van der Waals surface area contributed by atoms with Crippen molar-refractivity contribution in [2.24, 2.45) is 0 Å². The number of nitrogens with zero attached hydrogens (tertiary/aromatic N) is 5. The Morgan fingerprint density at radius 2 is 1.88 bits per heavy atom. The topological polar surface area (TPSA) is 69.1 Å². The molecule has 0 aliphatic heterocycles. The summed E-state index contributed by atoms with van der Waals surface area (Å²) in [6, 6.07) is 6.33. The highest BCUT2D eigenvalue weighted by Crippen LogP contribution is 2.29. The summed E-state index contributed by atoms with van der Waals surface area (Å²) in [4.78, 5) is 9.48. The van der Waals surface area contributed by atoms with Gasteiger partial charge in [0.25, 0.3) is 5.89 Å². The van der Waals surface area contributed by atoms with E-state index in [9.17, 15) is 0 Å². The third-order valence-electron chi connectivity index (χ3n) is 4.24. The number of fused-ring (bicyclic) bond motifs is 3. The van der Waals surface area contributed by atoms with E-state index in [-0.39, 0.29) is 0 Å². The standard InChI is InChI=1S/C18H19N5O/c1-10(2)13-7-14(11(3)4)21-17-12(13)5-6-16-20-15(8-23(16)17)18-22-19-9-24-18/h5-11H,1-4H3. The van der Waals surface area contributed by atoms with E-state index >= 15 is 0 Å². The van der Waals surface area contributed by atoms with Gasteiger partial charge in [0, 0.05) is 17.3 Å². The molecule has 0 aliphatic rings. The van der Waals surface area contributed by atoms with Gasteiger partial charge >= 0.3 is 0 Å². The summed E-state index contributed by atoms with van der Waals surface area (Å²) < 4.78 is 7.27. The summed E-state index contributed by atoms with van der Waals surface area (Å²) in [6.45, 7) is 8.74. The average molecular weight is 321 g/mol. The molecule has 6 nitrogen and oxygen atoms in total. The number of hydrogen-bond acceptors (Lipinski definition) is 5. The quantitative estimate of drug-likeness (QED) is 0.566. The molecule has 122 valence electrons. The predicted molar refractivity (Wildman–Crippen MR) is 92.0 cm³/mol. The molecule has 24 heavy (non-hydrogen) atoms. The maximum absolute atomic E-state index is 5.27. The first kappa shape index (κ1) is 14.8. The predicted octanol–water partition coefficient (Wildman–Crippen LogP) is 4.18. The lowest BCUT2D eigenvalue weighted by molar-refractivity contribution is 0.567. The first-order valence-corrected chi connectivity index (χ1v) is 8.13. The maximum Gasteiger partial charge on any atom is 0.267 e. The van der Waals surface area contributed by atoms with Crippen LogP contribution in [0.5, 0.6) is 0 Å². The van der Waals surface area contributed by atoms with Crippen LogP contribution < -0.4 is 0 Å². The van der Waals surface area contributed by atoms with E-state index < -0.39 is 0 Å². The molecule has 4 heterocycles. The van der Waals surface area contributed by atoms with Gasteiger partial charge in [-0.3, -0.25) is 4.40 Å². The fourth-order valence-corrected chi connectivity index (χ4v) is 2.94. The Hall–Kier alpha value is -2.76. The molecular formula is C18H19N5O. The van der Waals surface area contributed by atoms with Gasteiger partial charge in [0.2, 0.25) is 6.39 Å². The third kappa shape index (κ3) is 2.26. The largest absolute Gasteiger partial charge is 0.422 e. The molecule has 0 unspecified atom stereocenters. The zero-order valence-electron chi connectivity index (χ0n) is 14.2. The van der Waals surface area contributed by atoms with E-state index in [0.29, 0.717) is 23.4 Å². The van der Waals surface area contributed by atoms with Crippen molar-refractivity contribution >= 4 is 16.7 Å². The average Bonchev–Trinajstić information content (AvgIpc) is 3.22. The Labute approximate surface area is 139 Å². The Kier molecular flexibility index (Phi) is 3.33. The number of rotatable bonds is 3. The Balaban J connectivity index is 2.05. The summed E-state index contributed by atoms with van der Waals surface area (Å²) >= 11 is 0. The van der Waals surface area contributed by atoms with Gasteiger partial charge in [0.1, 0.15) is 17.0 Å². The van der Waals surface area contributed by atoms with Gasteiger partial charge in [-0.15, -0.1) is 10.2 Å². The van der Waals surface area contributed by atoms with Crippen molar-refractivity contribution in [3.8, 4) is 11.6 Å². The monoisotopic (exact) mass is 321 g/mol. The Morgan fingerprint density at radius 3 is 2.54 bits per heavy atom. The molecule has 0 radical (unpaired) electrons. The fourth-order valence-electron chi connectivity index (χ4n) is 2.94. The SMILES string of the molecule is CC(C)c1cc(C(C)C)c2ccc3nc(-c4nnco4)cn3c2n1. The van der Waals surface area contributed by atoms with Crippen LogP contribution in [0.15, 0.2) is 35.2 Å². The molecule has 0 saturated heterocycles. The third-order valence-corrected chi connectivity index (χ3v) is 4.24. The molecule has 0 saturated carbocycles. The minimum atomic E-state index is 0.362. The van der Waals surface area contributed by atoms with Crippen LogP contribution in [0.25, 0.3) is 28.3 Å². The van der Waals surface area contributed by atoms with Crippen LogP contribution in [-0.4, -0.2) is 24.6 Å². The molecule has 0 amide bonds. The van der Waals surface area contributed by atoms with Crippen molar-refractivity contribution in [2.75, 3.05) is 0 Å². The van der Waals surface area contributed by atoms with Crippen LogP contribution >= 0.6 is 0 Å². The molecule has 4 aromatic rings. The fraction of sp³-hybridized carbons (Fsp3) is 0.333. The van der Waals surface area contributed by atoms with Crippen LogP contribution in [0.4, 0.5) is 0 Å². The summed E-state index contributed by atoms with van der Waals surface area (Å²) in [5, 5.41) is 8.81. The summed E-state index contributed by atoms with van der Waals surface area (Å²) in [5.41, 5.74) is 4.78. The smallest absolute Gasteiger partial charge is 0.267 e. The van der Waals surface area contributed by atoms with E-state index in [2.05, 4.69) is 55.0 Å². The van der Waals surface area contributed by atoms with Crippen LogP contribution in [0, 0.1) is 0 Å². The van der Waals surface area contributed by atoms with Gasteiger partial charge in [-0.05, 0) is 35.6 Å². The number of aromatic nitrogens is 5. The lowest BCUT2D eigenvalue weighted by Crippen LogP contribution is -2.02. The van der Waals surface area contributed by atoms with E-state index in [1.807, 2.05) is 16.7 Å². The highest BCUT2D eigenvalue weighted by molar-refractivity contribution is 5.83. The van der Waals surface area contributed by atoms with Crippen molar-refractivity contribution in [1.29, 1.82) is 0 Å². The summed E-state index contributed by atoms with van der Waals surface area (Å²) in [6.07, 6.45) is 3.22. The van der Waals surface area contributed by atoms with Crippen molar-refractivity contribution in [3.05, 3.63) is 42.0 Å². The second-order valence-corrected chi connectivity index (χ2v) is 6.61. The van der Waals surface area contributed by atoms with Gasteiger partial charge in [0.15, 0.2) is 0 Å². The van der Waals surface area contributed by atoms with Crippen molar-refractivity contribution in [3.63, 3.8) is 0 Å². The van der Waals surface area contributed by atoms with E-state index in [0.717, 1.165) is 22.4 Å². The second kappa shape index (κ2) is 5.40. The molecule has 4 rings (SSSR count). The zero-order chi connectivity index (χ0) is 16.8. The molecule has 0 bridgehead atoms. The highest BCUT2D eigenvalue weighted by Gasteiger charge is 2.16. The van der Waals surface area contributed by atoms with E-state index in [4.69, 9.17) is 9.40 Å². The van der Waals surface area contributed by atoms with Crippen molar-refractivity contribution in [2.45, 2.75) is 39.5 Å². The lowest BCUT2D eigenvalue weighted by atomic mass is 9.97. The van der Waals surface area contributed by atoms with Crippen LogP contribution in [-0.2, 0) is 0 Å². The number of hydrogen-bond donors (Lipinski definition) is 0. The van der Waals surface area contributed by atoms with E-state index in [1.165, 1.54) is 12.0 Å². The lowest BCUT2D eigenvalue weighted by Gasteiger charge is -2.15. The molecule has 0 N–H and O–H groups in total. The molecule has 0 aliphatic carbocycles. The van der Waals surface area contributed by atoms with Gasteiger partial charge in [-0.1, -0.05) is 27.7 Å². The molecule has 0 fully saturated rings. The van der Waals surface area contributed by atoms with Gasteiger partial charge < -0.3 is 4.42 Å². The molecule has 0 spiro atoms. The highest BCUT2D eigenvalue weighted by atomic mass is 16.4. The van der Waals surface area contributed by atoms with Crippen LogP contribution in [0.1, 0.15) is 50.8 Å². The minimum Gasteiger partial charge on any atom is -0.422 e. The normalized spacial score (nSPS) is 12.1. The first-order valence-electron chi connectivity index (χ1n) is 8.13. The maximum atomic E-state index is 5.27. The van der Waals surface area contributed by atoms with Gasteiger partial charge in [-0.25, -0.2) is 9.97 Å². The molecular weight excluding hydrogens is 302 g/mol. The van der Waals surface area contributed by atoms with Crippen LogP contribution in [0.2, 0.25) is 0 Å². The summed E-state index contributed by atoms with van der Waals surface area (Å²) in [5.74, 6) is 1.20. The molecule has 0 atom stereocenters. The molecule has 6 heteroatoms. The van der Waals surface area contributed by atoms with E-state index in [1.54, 1.807) is 0 Å². The minimum absolute atomic E-state index is 0.362. The summed E-state index contributed by atoms with van der Waals surface area (Å²) in [7, 11) is 0.